The van der Waals surface area contributed by atoms with Crippen molar-refractivity contribution >= 4 is 51.9 Å². The zero-order chi connectivity index (χ0) is 57.6. The summed E-state index contributed by atoms with van der Waals surface area (Å²) in [4.78, 5) is 24.5. The van der Waals surface area contributed by atoms with Gasteiger partial charge in [0.25, 0.3) is 5.91 Å². The number of fused-ring (bicyclic) bond motifs is 4. The number of hydrogen-bond donors (Lipinski definition) is 3. The smallest absolute Gasteiger partial charge is 0.493 e. The number of hydrogen-bond acceptors (Lipinski definition) is 12. The molecule has 8 heterocycles. The maximum Gasteiger partial charge on any atom is 0.496 e. The fraction of sp³-hybridized carbons (Fsp3) is 0.281. The van der Waals surface area contributed by atoms with Crippen LogP contribution in [0.2, 0.25) is 0 Å². The van der Waals surface area contributed by atoms with Crippen LogP contribution in [-0.4, -0.2) is 65.6 Å². The van der Waals surface area contributed by atoms with Gasteiger partial charge in [-0.2, -0.15) is 0 Å². The molecular formula is C64H66BBrF2N6O7. The van der Waals surface area contributed by atoms with Gasteiger partial charge in [-0.15, -0.1) is 0 Å². The minimum atomic E-state index is -0.917. The Morgan fingerprint density at radius 1 is 0.556 bits per heavy atom. The molecule has 3 aromatic heterocycles. The lowest BCUT2D eigenvalue weighted by Gasteiger charge is -2.32. The summed E-state index contributed by atoms with van der Waals surface area (Å²) in [5.74, 6) is 2.61. The molecule has 8 aromatic rings. The first-order valence-corrected chi connectivity index (χ1v) is 27.7. The average molecular weight is 1160 g/mol. The van der Waals surface area contributed by atoms with Crippen LogP contribution in [0.4, 0.5) is 26.2 Å². The molecule has 1 fully saturated rings. The molecule has 0 saturated carbocycles. The van der Waals surface area contributed by atoms with E-state index < -0.39 is 23.1 Å². The minimum Gasteiger partial charge on any atom is -0.493 e. The van der Waals surface area contributed by atoms with Crippen LogP contribution in [0.1, 0.15) is 82.6 Å². The van der Waals surface area contributed by atoms with E-state index in [4.69, 9.17) is 39.7 Å². The number of amides is 1. The number of rotatable bonds is 5. The number of benzene rings is 5. The fourth-order valence-electron chi connectivity index (χ4n) is 9.49. The molecule has 0 unspecified atom stereocenters. The number of aromatic nitrogens is 3. The molecule has 17 heteroatoms. The van der Waals surface area contributed by atoms with E-state index in [-0.39, 0.29) is 24.1 Å². The second-order valence-corrected chi connectivity index (χ2v) is 22.2. The van der Waals surface area contributed by atoms with Gasteiger partial charge in [0.1, 0.15) is 57.6 Å². The number of carbonyl (C=O) groups is 1. The highest BCUT2D eigenvalue weighted by Crippen LogP contribution is 2.38. The molecule has 13 rings (SSSR count). The maximum absolute atomic E-state index is 13.7. The van der Waals surface area contributed by atoms with Gasteiger partial charge < -0.3 is 45.0 Å². The van der Waals surface area contributed by atoms with Gasteiger partial charge in [-0.3, -0.25) is 4.79 Å². The van der Waals surface area contributed by atoms with E-state index >= 15 is 0 Å². The molecule has 5 N–H and O–H groups in total. The van der Waals surface area contributed by atoms with Gasteiger partial charge in [-0.1, -0.05) is 46.3 Å². The molecule has 5 aromatic carbocycles. The highest BCUT2D eigenvalue weighted by Gasteiger charge is 2.51. The topological polar surface area (TPSA) is 175 Å². The lowest BCUT2D eigenvalue weighted by Crippen LogP contribution is -2.41. The summed E-state index contributed by atoms with van der Waals surface area (Å²) >= 11 is 3.49. The zero-order valence-corrected chi connectivity index (χ0v) is 48.4. The Labute approximate surface area is 481 Å². The second kappa shape index (κ2) is 24.9. The van der Waals surface area contributed by atoms with Gasteiger partial charge >= 0.3 is 7.12 Å². The lowest BCUT2D eigenvalue weighted by atomic mass is 9.80. The summed E-state index contributed by atoms with van der Waals surface area (Å²) < 4.78 is 62.3. The van der Waals surface area contributed by atoms with Crippen LogP contribution < -0.4 is 41.2 Å². The van der Waals surface area contributed by atoms with E-state index in [2.05, 4.69) is 106 Å². The highest BCUT2D eigenvalue weighted by molar-refractivity contribution is 9.10. The predicted octanol–water partition coefficient (Wildman–Crippen LogP) is 12.7. The van der Waals surface area contributed by atoms with E-state index in [1.165, 1.54) is 43.9 Å². The molecule has 1 amide bonds. The van der Waals surface area contributed by atoms with Crippen molar-refractivity contribution in [1.82, 2.24) is 15.0 Å². The molecule has 13 nitrogen and oxygen atoms in total. The Morgan fingerprint density at radius 2 is 1.05 bits per heavy atom. The third-order valence-electron chi connectivity index (χ3n) is 14.8. The SMILES string of the molecule is CC1(C)OB(c2ccc(N)nc2)OC1(C)C.Cc1cc2c(cc1-c1ccc(N)nc1)OCC2.Cc1cc2c(cc1-c1ccc(NC(=O)c3c(F)cccc3F)nc1)CCO2.Cc1cc2c(cc1Br)CCO2.Cc1ccc2c(c1)OCC2. The van der Waals surface area contributed by atoms with Gasteiger partial charge in [0.05, 0.1) is 37.6 Å². The lowest BCUT2D eigenvalue weighted by molar-refractivity contribution is 0.00578. The van der Waals surface area contributed by atoms with Crippen LogP contribution in [0.5, 0.6) is 23.0 Å². The monoisotopic (exact) mass is 1160 g/mol. The Kier molecular flexibility index (Phi) is 17.8. The van der Waals surface area contributed by atoms with E-state index in [1.54, 1.807) is 30.7 Å². The fourth-order valence-corrected chi connectivity index (χ4v) is 9.88. The van der Waals surface area contributed by atoms with Gasteiger partial charge in [0.2, 0.25) is 0 Å². The van der Waals surface area contributed by atoms with Crippen molar-refractivity contribution in [3.05, 3.63) is 194 Å². The molecule has 0 radical (unpaired) electrons. The van der Waals surface area contributed by atoms with Crippen molar-refractivity contribution in [3.8, 4) is 45.3 Å². The third kappa shape index (κ3) is 13.8. The number of nitrogens with one attached hydrogen (secondary N) is 1. The number of pyridine rings is 3. The summed E-state index contributed by atoms with van der Waals surface area (Å²) in [6.45, 7) is 19.5. The molecule has 0 spiro atoms. The average Bonchev–Trinajstić information content (AvgIpc) is 4.51. The van der Waals surface area contributed by atoms with Gasteiger partial charge in [0.15, 0.2) is 0 Å². The first-order valence-electron chi connectivity index (χ1n) is 26.9. The Balaban J connectivity index is 0.000000128. The van der Waals surface area contributed by atoms with Crippen molar-refractivity contribution in [1.29, 1.82) is 0 Å². The molecule has 5 aliphatic heterocycles. The van der Waals surface area contributed by atoms with Crippen LogP contribution in [0.3, 0.4) is 0 Å². The van der Waals surface area contributed by atoms with Crippen molar-refractivity contribution in [2.75, 3.05) is 43.2 Å². The molecule has 0 atom stereocenters. The van der Waals surface area contributed by atoms with Gasteiger partial charge in [-0.25, -0.2) is 23.7 Å². The highest BCUT2D eigenvalue weighted by atomic mass is 79.9. The van der Waals surface area contributed by atoms with E-state index in [9.17, 15) is 13.6 Å². The molecule has 418 valence electrons. The van der Waals surface area contributed by atoms with Crippen LogP contribution in [-0.2, 0) is 35.0 Å². The van der Waals surface area contributed by atoms with Crippen molar-refractivity contribution in [2.45, 2.75) is 92.3 Å². The number of nitrogens with two attached hydrogens (primary N) is 2. The van der Waals surface area contributed by atoms with Gasteiger partial charge in [-0.05, 0) is 190 Å². The molecule has 81 heavy (non-hydrogen) atoms. The predicted molar refractivity (Wildman–Crippen MR) is 319 cm³/mol. The van der Waals surface area contributed by atoms with Crippen LogP contribution >= 0.6 is 15.9 Å². The first kappa shape index (κ1) is 57.8. The molecular weight excluding hydrogens is 1090 g/mol. The van der Waals surface area contributed by atoms with Crippen molar-refractivity contribution in [3.63, 3.8) is 0 Å². The summed E-state index contributed by atoms with van der Waals surface area (Å²) in [6, 6.07) is 33.2. The number of anilines is 3. The minimum absolute atomic E-state index is 0.216. The number of halogens is 3. The van der Waals surface area contributed by atoms with Crippen LogP contribution in [0.25, 0.3) is 22.3 Å². The van der Waals surface area contributed by atoms with Crippen molar-refractivity contribution in [2.24, 2.45) is 0 Å². The van der Waals surface area contributed by atoms with E-state index in [1.807, 2.05) is 65.0 Å². The molecule has 5 aliphatic rings. The van der Waals surface area contributed by atoms with Gasteiger partial charge in [0, 0.05) is 65.3 Å². The largest absolute Gasteiger partial charge is 0.496 e. The normalized spacial score (nSPS) is 15.1. The summed E-state index contributed by atoms with van der Waals surface area (Å²) in [7, 11) is -0.363. The number of nitrogen functional groups attached to an aromatic ring is 2. The van der Waals surface area contributed by atoms with E-state index in [0.29, 0.717) is 18.2 Å². The molecule has 0 bridgehead atoms. The number of ether oxygens (including phenoxy) is 4. The van der Waals surface area contributed by atoms with Crippen molar-refractivity contribution < 1.29 is 41.8 Å². The van der Waals surface area contributed by atoms with Crippen LogP contribution in [0, 0.1) is 39.3 Å². The Morgan fingerprint density at radius 3 is 1.62 bits per heavy atom. The Hall–Kier alpha value is -7.86. The Bertz CT molecular complexity index is 3500. The standard InChI is InChI=1S/C21H16F2N2O2.C14H14N2O.C11H17BN2O2.C9H9BrO.C9H10O/c1-12-9-18-13(7-8-27-18)10-15(12)14-5-6-19(24-11-14)25-21(26)20-16(22)3-2-4-17(20)23;1-9-6-10-4-5-17-13(10)7-12(9)11-2-3-14(15)16-8-11;1-10(2)11(3,4)16-12(15-10)8-5-6-9(13)14-7-8;1-6-4-9-7(2-3-11-9)5-8(6)10;1-7-2-3-8-4-5-10-9(8)6-7/h2-6,9-11H,7-8H2,1H3,(H,24,25,26);2-3,6-8H,4-5H2,1H3,(H2,15,16);5-7H,1-4H3,(H2,13,14);4-5H,2-3H2,1H3;2-3,6H,4-5H2,1H3. The van der Waals surface area contributed by atoms with E-state index in [0.717, 1.165) is 119 Å². The third-order valence-corrected chi connectivity index (χ3v) is 15.7. The summed E-state index contributed by atoms with van der Waals surface area (Å²) in [6.07, 6.45) is 9.13. The summed E-state index contributed by atoms with van der Waals surface area (Å²) in [5.41, 5.74) is 24.9. The second-order valence-electron chi connectivity index (χ2n) is 21.3. The quantitative estimate of drug-likeness (QED) is 0.139. The number of nitrogens with zero attached hydrogens (tertiary/aromatic N) is 3. The maximum atomic E-state index is 13.7. The summed E-state index contributed by atoms with van der Waals surface area (Å²) in [5, 5.41) is 2.42. The van der Waals surface area contributed by atoms with Crippen LogP contribution in [0.15, 0.2) is 132 Å². The number of carbonyl (C=O) groups excluding carboxylic acids is 1. The molecule has 0 aliphatic carbocycles. The first-order chi connectivity index (χ1) is 38.7. The zero-order valence-electron chi connectivity index (χ0n) is 46.8. The molecule has 1 saturated heterocycles. The number of aryl methyl sites for hydroxylation is 4.